The molecule has 0 saturated heterocycles. The Hall–Kier alpha value is -1.84. The van der Waals surface area contributed by atoms with Gasteiger partial charge in [-0.25, -0.2) is 0 Å². The van der Waals surface area contributed by atoms with Crippen LogP contribution >= 0.6 is 11.6 Å². The van der Waals surface area contributed by atoms with Gasteiger partial charge in [0.2, 0.25) is 0 Å². The Balaban J connectivity index is 2.20. The molecule has 0 aromatic heterocycles. The van der Waals surface area contributed by atoms with Crippen molar-refractivity contribution in [1.82, 2.24) is 0 Å². The first-order valence-corrected chi connectivity index (χ1v) is 6.43. The van der Waals surface area contributed by atoms with Crippen molar-refractivity contribution in [3.63, 3.8) is 0 Å². The van der Waals surface area contributed by atoms with Crippen LogP contribution < -0.4 is 5.32 Å². The summed E-state index contributed by atoms with van der Waals surface area (Å²) in [6.45, 7) is -0.113. The van der Waals surface area contributed by atoms with Crippen LogP contribution in [0.1, 0.15) is 21.5 Å². The van der Waals surface area contributed by atoms with Crippen LogP contribution in [0.5, 0.6) is 0 Å². The highest BCUT2D eigenvalue weighted by atomic mass is 35.5. The van der Waals surface area contributed by atoms with Crippen molar-refractivity contribution < 1.29 is 9.90 Å². The molecule has 0 heterocycles. The molecule has 2 N–H and O–H groups in total. The second-order valence-corrected chi connectivity index (χ2v) is 4.37. The average Bonchev–Trinajstić information content (AvgIpc) is 2.47. The van der Waals surface area contributed by atoms with Crippen molar-refractivity contribution in [2.24, 2.45) is 0 Å². The topological polar surface area (TPSA) is 49.3 Å². The summed E-state index contributed by atoms with van der Waals surface area (Å²) in [7, 11) is 0. The number of rotatable bonds is 4. The minimum Gasteiger partial charge on any atom is -0.392 e. The van der Waals surface area contributed by atoms with Gasteiger partial charge >= 0.3 is 0 Å². The third-order valence-electron chi connectivity index (χ3n) is 2.78. The number of halogens is 1. The van der Waals surface area contributed by atoms with Gasteiger partial charge in [-0.15, -0.1) is 11.6 Å². The number of nitrogens with one attached hydrogen (secondary N) is 1. The molecular weight excluding hydrogens is 262 g/mol. The molecule has 0 spiro atoms. The fourth-order valence-corrected chi connectivity index (χ4v) is 1.94. The number of carbonyl (C=O) groups excluding carboxylic acids is 1. The molecule has 0 unspecified atom stereocenters. The van der Waals surface area contributed by atoms with E-state index < -0.39 is 0 Å². The number of alkyl halides is 1. The lowest BCUT2D eigenvalue weighted by molar-refractivity contribution is 0.102. The molecule has 0 atom stereocenters. The number of aliphatic hydroxyl groups excluding tert-OH is 1. The molecule has 1 amide bonds. The van der Waals surface area contributed by atoms with E-state index in [0.717, 1.165) is 5.56 Å². The minimum atomic E-state index is -0.215. The Morgan fingerprint density at radius 2 is 1.95 bits per heavy atom. The second-order valence-electron chi connectivity index (χ2n) is 4.10. The minimum absolute atomic E-state index is 0.113. The number of carbonyl (C=O) groups is 1. The maximum atomic E-state index is 12.1. The lowest BCUT2D eigenvalue weighted by atomic mass is 10.1. The molecule has 0 aliphatic carbocycles. The molecule has 0 fully saturated rings. The lowest BCUT2D eigenvalue weighted by Crippen LogP contribution is -2.13. The van der Waals surface area contributed by atoms with E-state index in [4.69, 9.17) is 11.6 Å². The molecule has 19 heavy (non-hydrogen) atoms. The van der Waals surface area contributed by atoms with Crippen molar-refractivity contribution >= 4 is 23.2 Å². The normalized spacial score (nSPS) is 10.2. The van der Waals surface area contributed by atoms with Gasteiger partial charge in [0.15, 0.2) is 0 Å². The number of aliphatic hydroxyl groups is 1. The van der Waals surface area contributed by atoms with Crippen LogP contribution in [0.25, 0.3) is 0 Å². The first-order chi connectivity index (χ1) is 9.24. The summed E-state index contributed by atoms with van der Waals surface area (Å²) in [4.78, 5) is 12.1. The zero-order valence-electron chi connectivity index (χ0n) is 10.3. The molecule has 4 heteroatoms. The maximum Gasteiger partial charge on any atom is 0.255 e. The van der Waals surface area contributed by atoms with Crippen molar-refractivity contribution in [3.8, 4) is 0 Å². The quantitative estimate of drug-likeness (QED) is 0.842. The van der Waals surface area contributed by atoms with Gasteiger partial charge in [-0.1, -0.05) is 30.3 Å². The molecule has 0 aliphatic heterocycles. The van der Waals surface area contributed by atoms with E-state index >= 15 is 0 Å². The number of anilines is 1. The van der Waals surface area contributed by atoms with Crippen LogP contribution in [0.4, 0.5) is 5.69 Å². The van der Waals surface area contributed by atoms with E-state index in [0.29, 0.717) is 22.7 Å². The lowest BCUT2D eigenvalue weighted by Gasteiger charge is -2.09. The summed E-state index contributed by atoms with van der Waals surface area (Å²) in [6.07, 6.45) is 0. The van der Waals surface area contributed by atoms with E-state index in [1.807, 2.05) is 18.2 Å². The number of amides is 1. The molecule has 0 saturated carbocycles. The fourth-order valence-electron chi connectivity index (χ4n) is 1.77. The van der Waals surface area contributed by atoms with Crippen LogP contribution in [0.2, 0.25) is 0 Å². The van der Waals surface area contributed by atoms with Gasteiger partial charge in [-0.3, -0.25) is 4.79 Å². The molecule has 2 rings (SSSR count). The Bertz CT molecular complexity index is 584. The molecule has 2 aromatic carbocycles. The predicted octanol–water partition coefficient (Wildman–Crippen LogP) is 3.17. The predicted molar refractivity (Wildman–Crippen MR) is 76.3 cm³/mol. The second kappa shape index (κ2) is 6.36. The molecule has 2 aromatic rings. The van der Waals surface area contributed by atoms with Crippen molar-refractivity contribution in [2.45, 2.75) is 12.5 Å². The van der Waals surface area contributed by atoms with Gasteiger partial charge in [0.1, 0.15) is 0 Å². The van der Waals surface area contributed by atoms with E-state index in [2.05, 4.69) is 5.32 Å². The first kappa shape index (κ1) is 13.6. The summed E-state index contributed by atoms with van der Waals surface area (Å²) in [5.41, 5.74) is 2.74. The van der Waals surface area contributed by atoms with E-state index in [1.165, 1.54) is 0 Å². The van der Waals surface area contributed by atoms with E-state index in [9.17, 15) is 9.90 Å². The zero-order valence-corrected chi connectivity index (χ0v) is 11.0. The number of benzene rings is 2. The van der Waals surface area contributed by atoms with Crippen LogP contribution in [-0.2, 0) is 12.5 Å². The van der Waals surface area contributed by atoms with E-state index in [-0.39, 0.29) is 12.5 Å². The van der Waals surface area contributed by atoms with Gasteiger partial charge in [0, 0.05) is 22.7 Å². The van der Waals surface area contributed by atoms with Gasteiger partial charge in [0.05, 0.1) is 6.61 Å². The van der Waals surface area contributed by atoms with Gasteiger partial charge in [-0.2, -0.15) is 0 Å². The van der Waals surface area contributed by atoms with Gasteiger partial charge in [-0.05, 0) is 23.8 Å². The molecule has 98 valence electrons. The summed E-state index contributed by atoms with van der Waals surface area (Å²) in [6, 6.07) is 14.3. The van der Waals surface area contributed by atoms with Crippen LogP contribution in [0.15, 0.2) is 48.5 Å². The highest BCUT2D eigenvalue weighted by Gasteiger charge is 2.08. The maximum absolute atomic E-state index is 12.1. The summed E-state index contributed by atoms with van der Waals surface area (Å²) in [5, 5.41) is 12.0. The standard InChI is InChI=1S/C15H14ClNO2/c16-9-11-4-3-6-12(8-11)15(19)17-14-7-2-1-5-13(14)10-18/h1-8,18H,9-10H2,(H,17,19). The third kappa shape index (κ3) is 3.34. The first-order valence-electron chi connectivity index (χ1n) is 5.89. The highest BCUT2D eigenvalue weighted by molar-refractivity contribution is 6.17. The van der Waals surface area contributed by atoms with Crippen molar-refractivity contribution in [1.29, 1.82) is 0 Å². The number of hydrogen-bond donors (Lipinski definition) is 2. The summed E-state index contributed by atoms with van der Waals surface area (Å²) >= 11 is 5.75. The molecule has 0 radical (unpaired) electrons. The zero-order chi connectivity index (χ0) is 13.7. The largest absolute Gasteiger partial charge is 0.392 e. The summed E-state index contributed by atoms with van der Waals surface area (Å²) < 4.78 is 0. The smallest absolute Gasteiger partial charge is 0.255 e. The molecule has 0 bridgehead atoms. The van der Waals surface area contributed by atoms with Crippen LogP contribution in [0, 0.1) is 0 Å². The third-order valence-corrected chi connectivity index (χ3v) is 3.09. The monoisotopic (exact) mass is 275 g/mol. The summed E-state index contributed by atoms with van der Waals surface area (Å²) in [5.74, 6) is 0.154. The highest BCUT2D eigenvalue weighted by Crippen LogP contribution is 2.16. The van der Waals surface area contributed by atoms with E-state index in [1.54, 1.807) is 30.3 Å². The van der Waals surface area contributed by atoms with Gasteiger partial charge < -0.3 is 10.4 Å². The van der Waals surface area contributed by atoms with Crippen molar-refractivity contribution in [2.75, 3.05) is 5.32 Å². The SMILES string of the molecule is O=C(Nc1ccccc1CO)c1cccc(CCl)c1. The number of para-hydroxylation sites is 1. The fraction of sp³-hybridized carbons (Fsp3) is 0.133. The van der Waals surface area contributed by atoms with Crippen LogP contribution in [0.3, 0.4) is 0 Å². The Labute approximate surface area is 116 Å². The van der Waals surface area contributed by atoms with Gasteiger partial charge in [0.25, 0.3) is 5.91 Å². The van der Waals surface area contributed by atoms with Crippen LogP contribution in [-0.4, -0.2) is 11.0 Å². The Morgan fingerprint density at radius 1 is 1.16 bits per heavy atom. The molecule has 0 aliphatic rings. The number of hydrogen-bond acceptors (Lipinski definition) is 2. The molecule has 3 nitrogen and oxygen atoms in total. The van der Waals surface area contributed by atoms with Crippen molar-refractivity contribution in [3.05, 3.63) is 65.2 Å². The Kier molecular flexibility index (Phi) is 4.55. The average molecular weight is 276 g/mol. The molecular formula is C15H14ClNO2. The Morgan fingerprint density at radius 3 is 2.68 bits per heavy atom.